The van der Waals surface area contributed by atoms with Crippen molar-refractivity contribution in [3.63, 3.8) is 0 Å². The molecule has 2 aliphatic heterocycles. The highest BCUT2D eigenvalue weighted by molar-refractivity contribution is 6.06. The Morgan fingerprint density at radius 1 is 1.00 bits per heavy atom. The van der Waals surface area contributed by atoms with Gasteiger partial charge >= 0.3 is 0 Å². The maximum absolute atomic E-state index is 12.6. The van der Waals surface area contributed by atoms with E-state index in [2.05, 4.69) is 9.97 Å². The lowest BCUT2D eigenvalue weighted by Crippen LogP contribution is -2.35. The van der Waals surface area contributed by atoms with Crippen LogP contribution in [0.2, 0.25) is 0 Å². The Morgan fingerprint density at radius 2 is 1.70 bits per heavy atom. The Hall–Kier alpha value is -2.76. The van der Waals surface area contributed by atoms with Gasteiger partial charge in [-0.3, -0.25) is 14.5 Å². The van der Waals surface area contributed by atoms with E-state index in [1.807, 2.05) is 35.2 Å². The van der Waals surface area contributed by atoms with E-state index in [-0.39, 0.29) is 23.7 Å². The zero-order valence-electron chi connectivity index (χ0n) is 12.5. The lowest BCUT2D eigenvalue weighted by Gasteiger charge is -2.21. The van der Waals surface area contributed by atoms with Crippen LogP contribution in [0.3, 0.4) is 0 Å². The van der Waals surface area contributed by atoms with E-state index in [9.17, 15) is 9.59 Å². The molecule has 0 bridgehead atoms. The quantitative estimate of drug-likeness (QED) is 0.794. The smallest absolute Gasteiger partial charge is 0.235 e. The Labute approximate surface area is 133 Å². The second kappa shape index (κ2) is 5.46. The van der Waals surface area contributed by atoms with Gasteiger partial charge in [-0.2, -0.15) is 0 Å². The number of imide groups is 1. The number of aromatic nitrogens is 2. The summed E-state index contributed by atoms with van der Waals surface area (Å²) in [5.74, 6) is 0.104. The Kier molecular flexibility index (Phi) is 3.29. The average Bonchev–Trinajstić information content (AvgIpc) is 3.13. The monoisotopic (exact) mass is 308 g/mol. The summed E-state index contributed by atoms with van der Waals surface area (Å²) in [5, 5.41) is 0. The standard InChI is InChI=1S/C17H16N4O2/c22-16-13-9-20(15-6-7-18-11-19-15)10-14(13)17(23)21(16)8-12-4-2-1-3-5-12/h1-7,11,13-14H,8-10H2. The van der Waals surface area contributed by atoms with Gasteiger partial charge in [0, 0.05) is 19.3 Å². The van der Waals surface area contributed by atoms with Crippen LogP contribution in [0.5, 0.6) is 0 Å². The predicted molar refractivity (Wildman–Crippen MR) is 83.2 cm³/mol. The van der Waals surface area contributed by atoms with Crippen LogP contribution in [-0.2, 0) is 16.1 Å². The largest absolute Gasteiger partial charge is 0.355 e. The van der Waals surface area contributed by atoms with Crippen LogP contribution in [0.1, 0.15) is 5.56 Å². The molecule has 0 N–H and O–H groups in total. The second-order valence-electron chi connectivity index (χ2n) is 5.93. The molecule has 2 amide bonds. The number of nitrogens with zero attached hydrogens (tertiary/aromatic N) is 4. The Balaban J connectivity index is 1.51. The molecule has 6 nitrogen and oxygen atoms in total. The molecule has 116 valence electrons. The van der Waals surface area contributed by atoms with Gasteiger partial charge in [-0.25, -0.2) is 9.97 Å². The van der Waals surface area contributed by atoms with Crippen molar-refractivity contribution in [2.24, 2.45) is 11.8 Å². The molecule has 0 aliphatic carbocycles. The molecule has 6 heteroatoms. The molecule has 2 fully saturated rings. The maximum Gasteiger partial charge on any atom is 0.235 e. The molecule has 23 heavy (non-hydrogen) atoms. The van der Waals surface area contributed by atoms with Gasteiger partial charge in [-0.1, -0.05) is 30.3 Å². The highest BCUT2D eigenvalue weighted by Gasteiger charge is 2.52. The van der Waals surface area contributed by atoms with E-state index < -0.39 is 0 Å². The minimum Gasteiger partial charge on any atom is -0.355 e. The number of hydrogen-bond donors (Lipinski definition) is 0. The summed E-state index contributed by atoms with van der Waals surface area (Å²) < 4.78 is 0. The number of carbonyl (C=O) groups excluding carboxylic acids is 2. The molecule has 2 saturated heterocycles. The molecule has 2 atom stereocenters. The lowest BCUT2D eigenvalue weighted by molar-refractivity contribution is -0.140. The Morgan fingerprint density at radius 3 is 2.30 bits per heavy atom. The third kappa shape index (κ3) is 2.36. The van der Waals surface area contributed by atoms with Crippen LogP contribution in [-0.4, -0.2) is 39.8 Å². The number of benzene rings is 1. The zero-order chi connectivity index (χ0) is 15.8. The highest BCUT2D eigenvalue weighted by atomic mass is 16.2. The number of rotatable bonds is 3. The minimum atomic E-state index is -0.263. The van der Waals surface area contributed by atoms with Crippen molar-refractivity contribution >= 4 is 17.6 Å². The number of anilines is 1. The van der Waals surface area contributed by atoms with Crippen molar-refractivity contribution in [1.82, 2.24) is 14.9 Å². The second-order valence-corrected chi connectivity index (χ2v) is 5.93. The van der Waals surface area contributed by atoms with Crippen LogP contribution in [0.25, 0.3) is 0 Å². The van der Waals surface area contributed by atoms with E-state index in [0.29, 0.717) is 19.6 Å². The number of fused-ring (bicyclic) bond motifs is 1. The van der Waals surface area contributed by atoms with Crippen molar-refractivity contribution in [3.05, 3.63) is 54.5 Å². The SMILES string of the molecule is O=C1C2CN(c3ccncn3)CC2C(=O)N1Cc1ccccc1. The first-order valence-electron chi connectivity index (χ1n) is 7.64. The number of amides is 2. The molecule has 1 aromatic carbocycles. The van der Waals surface area contributed by atoms with Crippen molar-refractivity contribution < 1.29 is 9.59 Å². The van der Waals surface area contributed by atoms with Crippen molar-refractivity contribution in [3.8, 4) is 0 Å². The van der Waals surface area contributed by atoms with Crippen molar-refractivity contribution in [2.45, 2.75) is 6.54 Å². The van der Waals surface area contributed by atoms with Crippen LogP contribution in [0.15, 0.2) is 48.9 Å². The number of carbonyl (C=O) groups is 2. The fourth-order valence-electron chi connectivity index (χ4n) is 3.39. The molecule has 0 radical (unpaired) electrons. The van der Waals surface area contributed by atoms with E-state index in [0.717, 1.165) is 11.4 Å². The normalized spacial score (nSPS) is 23.5. The summed E-state index contributed by atoms with van der Waals surface area (Å²) in [4.78, 5) is 36.7. The summed E-state index contributed by atoms with van der Waals surface area (Å²) in [6, 6.07) is 11.4. The number of hydrogen-bond acceptors (Lipinski definition) is 5. The van der Waals surface area contributed by atoms with Crippen molar-refractivity contribution in [2.75, 3.05) is 18.0 Å². The van der Waals surface area contributed by atoms with E-state index in [1.54, 1.807) is 12.3 Å². The van der Waals surface area contributed by atoms with Crippen molar-refractivity contribution in [1.29, 1.82) is 0 Å². The van der Waals surface area contributed by atoms with Crippen LogP contribution in [0.4, 0.5) is 5.82 Å². The molecule has 2 aromatic rings. The maximum atomic E-state index is 12.6. The van der Waals surface area contributed by atoms with E-state index >= 15 is 0 Å². The fraction of sp³-hybridized carbons (Fsp3) is 0.294. The van der Waals surface area contributed by atoms with Gasteiger partial charge in [0.15, 0.2) is 0 Å². The van der Waals surface area contributed by atoms with Gasteiger partial charge in [-0.05, 0) is 11.6 Å². The van der Waals surface area contributed by atoms with Gasteiger partial charge in [0.2, 0.25) is 11.8 Å². The molecule has 1 aromatic heterocycles. The average molecular weight is 308 g/mol. The molecular weight excluding hydrogens is 292 g/mol. The zero-order valence-corrected chi connectivity index (χ0v) is 12.5. The van der Waals surface area contributed by atoms with Gasteiger partial charge in [0.25, 0.3) is 0 Å². The molecule has 3 heterocycles. The minimum absolute atomic E-state index is 0.0691. The van der Waals surface area contributed by atoms with E-state index in [1.165, 1.54) is 11.2 Å². The van der Waals surface area contributed by atoms with E-state index in [4.69, 9.17) is 0 Å². The van der Waals surface area contributed by atoms with Crippen LogP contribution >= 0.6 is 0 Å². The first kappa shape index (κ1) is 13.9. The fourth-order valence-corrected chi connectivity index (χ4v) is 3.39. The summed E-state index contributed by atoms with van der Waals surface area (Å²) in [6.45, 7) is 1.44. The lowest BCUT2D eigenvalue weighted by atomic mass is 10.00. The summed E-state index contributed by atoms with van der Waals surface area (Å²) in [7, 11) is 0. The first-order chi connectivity index (χ1) is 11.2. The third-order valence-electron chi connectivity index (χ3n) is 4.56. The van der Waals surface area contributed by atoms with Crippen LogP contribution in [0, 0.1) is 11.8 Å². The predicted octanol–water partition coefficient (Wildman–Crippen LogP) is 1.10. The molecular formula is C17H16N4O2. The van der Waals surface area contributed by atoms with Gasteiger partial charge in [0.1, 0.15) is 12.1 Å². The van der Waals surface area contributed by atoms with Gasteiger partial charge in [0.05, 0.1) is 18.4 Å². The van der Waals surface area contributed by atoms with Gasteiger partial charge in [-0.15, -0.1) is 0 Å². The third-order valence-corrected chi connectivity index (χ3v) is 4.56. The highest BCUT2D eigenvalue weighted by Crippen LogP contribution is 2.35. The summed E-state index contributed by atoms with van der Waals surface area (Å²) in [6.07, 6.45) is 3.15. The summed E-state index contributed by atoms with van der Waals surface area (Å²) in [5.41, 5.74) is 0.974. The molecule has 2 unspecified atom stereocenters. The van der Waals surface area contributed by atoms with Crippen LogP contribution < -0.4 is 4.90 Å². The molecule has 0 spiro atoms. The molecule has 4 rings (SSSR count). The topological polar surface area (TPSA) is 66.4 Å². The first-order valence-corrected chi connectivity index (χ1v) is 7.64. The summed E-state index contributed by atoms with van der Waals surface area (Å²) >= 11 is 0. The van der Waals surface area contributed by atoms with Gasteiger partial charge < -0.3 is 4.90 Å². The molecule has 0 saturated carbocycles. The Bertz CT molecular complexity index is 711. The molecule has 2 aliphatic rings. The number of likely N-dealkylation sites (tertiary alicyclic amines) is 1.